The number of Topliss-reactive ketones (excluding diaryl/α,β-unsaturated/α-hetero) is 1. The van der Waals surface area contributed by atoms with E-state index in [0.717, 1.165) is 23.3 Å². The quantitative estimate of drug-likeness (QED) is 0.324. The topological polar surface area (TPSA) is 74.2 Å². The van der Waals surface area contributed by atoms with Crippen LogP contribution in [0.3, 0.4) is 0 Å². The molecule has 6 nitrogen and oxygen atoms in total. The summed E-state index contributed by atoms with van der Waals surface area (Å²) in [6, 6.07) is 3.84. The summed E-state index contributed by atoms with van der Waals surface area (Å²) in [5, 5.41) is 0. The molecule has 0 saturated carbocycles. The number of ether oxygens (including phenoxy) is 3. The molecule has 2 rings (SSSR count). The van der Waals surface area contributed by atoms with Crippen LogP contribution in [-0.2, 0) is 20.7 Å². The van der Waals surface area contributed by atoms with Gasteiger partial charge in [0.05, 0.1) is 21.3 Å². The fourth-order valence-electron chi connectivity index (χ4n) is 2.78. The first-order valence-corrected chi connectivity index (χ1v) is 8.46. The lowest BCUT2D eigenvalue weighted by atomic mass is 9.93. The highest BCUT2D eigenvalue weighted by Gasteiger charge is 2.20. The van der Waals surface area contributed by atoms with Crippen LogP contribution >= 0.6 is 0 Å². The highest BCUT2D eigenvalue weighted by atomic mass is 16.5. The van der Waals surface area contributed by atoms with Gasteiger partial charge in [-0.15, -0.1) is 0 Å². The van der Waals surface area contributed by atoms with Gasteiger partial charge in [0.1, 0.15) is 5.78 Å². The molecule has 0 atom stereocenters. The van der Waals surface area contributed by atoms with Crippen molar-refractivity contribution >= 4 is 17.5 Å². The Bertz CT molecular complexity index is 770. The molecule has 0 bridgehead atoms. The molecule has 1 aliphatic heterocycles. The number of carbonyl (C=O) groups is 2. The highest BCUT2D eigenvalue weighted by molar-refractivity contribution is 6.12. The van der Waals surface area contributed by atoms with Crippen LogP contribution in [0.2, 0.25) is 0 Å². The maximum Gasteiger partial charge on any atom is 0.384 e. The lowest BCUT2D eigenvalue weighted by Gasteiger charge is -2.19. The smallest absolute Gasteiger partial charge is 0.384 e. The fourth-order valence-corrected chi connectivity index (χ4v) is 2.78. The second kappa shape index (κ2) is 9.62. The molecule has 0 amide bonds. The van der Waals surface area contributed by atoms with Gasteiger partial charge in [-0.2, -0.15) is 0 Å². The Morgan fingerprint density at radius 2 is 1.88 bits per heavy atom. The van der Waals surface area contributed by atoms with E-state index in [9.17, 15) is 9.59 Å². The number of ketones is 1. The number of nitrogens with zero attached hydrogens (tertiary/aromatic N) is 1. The summed E-state index contributed by atoms with van der Waals surface area (Å²) in [5.74, 6) is 5.91. The first-order chi connectivity index (χ1) is 12.6. The van der Waals surface area contributed by atoms with Crippen LogP contribution in [-0.4, -0.2) is 45.3 Å². The second-order valence-electron chi connectivity index (χ2n) is 5.81. The Morgan fingerprint density at radius 3 is 2.58 bits per heavy atom. The van der Waals surface area contributed by atoms with Crippen LogP contribution in [0.5, 0.6) is 11.5 Å². The molecule has 0 spiro atoms. The predicted octanol–water partition coefficient (Wildman–Crippen LogP) is 2.35. The average Bonchev–Trinajstić information content (AvgIpc) is 2.66. The highest BCUT2D eigenvalue weighted by Crippen LogP contribution is 2.33. The summed E-state index contributed by atoms with van der Waals surface area (Å²) >= 11 is 0. The first kappa shape index (κ1) is 19.5. The number of carbonyl (C=O) groups excluding carboxylic acids is 2. The van der Waals surface area contributed by atoms with Gasteiger partial charge in [0, 0.05) is 43.0 Å². The fraction of sp³-hybridized carbons (Fsp3) is 0.450. The van der Waals surface area contributed by atoms with Crippen LogP contribution < -0.4 is 9.47 Å². The molecular formula is C20H23NO5. The van der Waals surface area contributed by atoms with E-state index in [1.54, 1.807) is 14.2 Å². The third-order valence-corrected chi connectivity index (χ3v) is 4.10. The minimum absolute atomic E-state index is 0.103. The van der Waals surface area contributed by atoms with Gasteiger partial charge < -0.3 is 14.2 Å². The molecule has 0 saturated heterocycles. The number of unbranched alkanes of at least 4 members (excludes halogenated alkanes) is 1. The van der Waals surface area contributed by atoms with Crippen LogP contribution in [0, 0.1) is 11.8 Å². The number of methoxy groups -OCH3 is 3. The molecule has 0 aliphatic carbocycles. The Kier molecular flexibility index (Phi) is 7.22. The minimum Gasteiger partial charge on any atom is -0.493 e. The molecule has 1 aromatic rings. The summed E-state index contributed by atoms with van der Waals surface area (Å²) in [6.45, 7) is 0.662. The Morgan fingerprint density at radius 1 is 1.15 bits per heavy atom. The van der Waals surface area contributed by atoms with Gasteiger partial charge in [0.2, 0.25) is 0 Å². The van der Waals surface area contributed by atoms with Crippen LogP contribution in [0.4, 0.5) is 0 Å². The van der Waals surface area contributed by atoms with Crippen molar-refractivity contribution < 1.29 is 23.8 Å². The summed E-state index contributed by atoms with van der Waals surface area (Å²) in [7, 11) is 4.48. The number of esters is 1. The minimum atomic E-state index is -0.561. The van der Waals surface area contributed by atoms with Crippen LogP contribution in [0.1, 0.15) is 36.8 Å². The third-order valence-electron chi connectivity index (χ3n) is 4.10. The van der Waals surface area contributed by atoms with Gasteiger partial charge in [-0.25, -0.2) is 4.79 Å². The van der Waals surface area contributed by atoms with E-state index in [1.165, 1.54) is 7.11 Å². The zero-order chi connectivity index (χ0) is 18.9. The number of aliphatic imine (C=N–C) groups is 1. The summed E-state index contributed by atoms with van der Waals surface area (Å²) in [6.07, 6.45) is 2.59. The van der Waals surface area contributed by atoms with E-state index in [2.05, 4.69) is 21.6 Å². The number of fused-ring (bicyclic) bond motifs is 1. The van der Waals surface area contributed by atoms with Gasteiger partial charge in [0.25, 0.3) is 0 Å². The summed E-state index contributed by atoms with van der Waals surface area (Å²) < 4.78 is 15.1. The maximum atomic E-state index is 12.3. The van der Waals surface area contributed by atoms with Crippen LogP contribution in [0.25, 0.3) is 0 Å². The molecule has 1 heterocycles. The van der Waals surface area contributed by atoms with Crippen molar-refractivity contribution in [3.05, 3.63) is 23.3 Å². The maximum absolute atomic E-state index is 12.3. The standard InChI is InChI=1S/C20H23NO5/c1-24-18-11-14-9-10-21-17(16(14)13-19(18)25-2)12-15(22)7-5-4-6-8-20(23)26-3/h11,13H,4-5,7,9-10,12H2,1-3H3. The lowest BCUT2D eigenvalue weighted by molar-refractivity contribution is -0.133. The zero-order valence-electron chi connectivity index (χ0n) is 15.4. The van der Waals surface area contributed by atoms with E-state index < -0.39 is 5.97 Å². The number of rotatable bonds is 7. The molecule has 6 heteroatoms. The molecule has 0 N–H and O–H groups in total. The van der Waals surface area contributed by atoms with Crippen molar-refractivity contribution in [1.29, 1.82) is 0 Å². The van der Waals surface area contributed by atoms with E-state index in [0.29, 0.717) is 37.3 Å². The lowest BCUT2D eigenvalue weighted by Crippen LogP contribution is -2.17. The van der Waals surface area contributed by atoms with Crippen molar-refractivity contribution in [1.82, 2.24) is 0 Å². The van der Waals surface area contributed by atoms with Gasteiger partial charge in [-0.3, -0.25) is 9.79 Å². The van der Waals surface area contributed by atoms with E-state index in [-0.39, 0.29) is 12.2 Å². The van der Waals surface area contributed by atoms with Gasteiger partial charge in [-0.05, 0) is 30.5 Å². The average molecular weight is 357 g/mol. The molecule has 26 heavy (non-hydrogen) atoms. The molecule has 138 valence electrons. The first-order valence-electron chi connectivity index (χ1n) is 8.46. The van der Waals surface area contributed by atoms with Crippen molar-refractivity contribution in [2.75, 3.05) is 27.9 Å². The summed E-state index contributed by atoms with van der Waals surface area (Å²) in [4.78, 5) is 27.7. The third kappa shape index (κ3) is 5.09. The predicted molar refractivity (Wildman–Crippen MR) is 97.9 cm³/mol. The monoisotopic (exact) mass is 357 g/mol. The van der Waals surface area contributed by atoms with Gasteiger partial charge in [0.15, 0.2) is 11.5 Å². The molecule has 0 radical (unpaired) electrons. The number of hydrogen-bond donors (Lipinski definition) is 0. The van der Waals surface area contributed by atoms with Crippen molar-refractivity contribution in [2.45, 2.75) is 32.1 Å². The zero-order valence-corrected chi connectivity index (χ0v) is 15.4. The van der Waals surface area contributed by atoms with E-state index in [1.807, 2.05) is 12.1 Å². The molecule has 0 unspecified atom stereocenters. The molecule has 0 fully saturated rings. The SMILES string of the molecule is COC(=O)C#CCCCC(=O)CC1=NCCc2cc(OC)c(OC)cc21. The van der Waals surface area contributed by atoms with Gasteiger partial charge >= 0.3 is 5.97 Å². The normalized spacial score (nSPS) is 12.2. The van der Waals surface area contributed by atoms with Gasteiger partial charge in [-0.1, -0.05) is 5.92 Å². The summed E-state index contributed by atoms with van der Waals surface area (Å²) in [5.41, 5.74) is 2.86. The molecule has 1 aromatic carbocycles. The largest absolute Gasteiger partial charge is 0.493 e. The van der Waals surface area contributed by atoms with Crippen molar-refractivity contribution in [2.24, 2.45) is 4.99 Å². The van der Waals surface area contributed by atoms with Crippen molar-refractivity contribution in [3.8, 4) is 23.3 Å². The van der Waals surface area contributed by atoms with E-state index in [4.69, 9.17) is 9.47 Å². The Labute approximate surface area is 153 Å². The number of hydrogen-bond acceptors (Lipinski definition) is 6. The molecular weight excluding hydrogens is 334 g/mol. The Balaban J connectivity index is 1.98. The molecule has 0 aromatic heterocycles. The van der Waals surface area contributed by atoms with E-state index >= 15 is 0 Å². The number of benzene rings is 1. The van der Waals surface area contributed by atoms with Crippen LogP contribution in [0.15, 0.2) is 17.1 Å². The Hall–Kier alpha value is -2.81. The second-order valence-corrected chi connectivity index (χ2v) is 5.81. The molecule has 1 aliphatic rings. The van der Waals surface area contributed by atoms with Crippen molar-refractivity contribution in [3.63, 3.8) is 0 Å².